The smallest absolute Gasteiger partial charge is 0.257 e. The van der Waals surface area contributed by atoms with Crippen molar-refractivity contribution in [3.63, 3.8) is 0 Å². The van der Waals surface area contributed by atoms with Gasteiger partial charge in [-0.25, -0.2) is 8.78 Å². The van der Waals surface area contributed by atoms with Gasteiger partial charge in [-0.2, -0.15) is 0 Å². The van der Waals surface area contributed by atoms with E-state index in [0.29, 0.717) is 0 Å². The zero-order valence-electron chi connectivity index (χ0n) is 12.1. The van der Waals surface area contributed by atoms with Crippen LogP contribution in [0.5, 0.6) is 5.75 Å². The van der Waals surface area contributed by atoms with Gasteiger partial charge in [-0.1, -0.05) is 17.7 Å². The molecule has 0 aliphatic rings. The number of carbonyl (C=O) groups is 1. The van der Waals surface area contributed by atoms with Gasteiger partial charge in [-0.15, -0.1) is 0 Å². The van der Waals surface area contributed by atoms with E-state index in [1.165, 1.54) is 43.3 Å². The lowest BCUT2D eigenvalue weighted by atomic mass is 10.1. The van der Waals surface area contributed by atoms with E-state index in [9.17, 15) is 13.6 Å². The number of ether oxygens (including phenoxy) is 1. The Hall–Kier alpha value is -2.14. The van der Waals surface area contributed by atoms with Crippen molar-refractivity contribution in [2.75, 3.05) is 14.2 Å². The standard InChI is InChI=1S/C16H14ClF2NO2/c1-20(9-12-13(17)4-3-5-14(12)19)16(21)11-8-10(18)6-7-15(11)22-2/h3-8H,9H2,1-2H3. The first kappa shape index (κ1) is 16.2. The summed E-state index contributed by atoms with van der Waals surface area (Å²) < 4.78 is 32.2. The molecule has 2 rings (SSSR count). The molecule has 116 valence electrons. The zero-order chi connectivity index (χ0) is 16.3. The van der Waals surface area contributed by atoms with Crippen LogP contribution in [0.2, 0.25) is 5.02 Å². The highest BCUT2D eigenvalue weighted by Crippen LogP contribution is 2.24. The van der Waals surface area contributed by atoms with Crippen molar-refractivity contribution >= 4 is 17.5 Å². The minimum Gasteiger partial charge on any atom is -0.496 e. The Kier molecular flexibility index (Phi) is 4.98. The molecule has 0 aromatic heterocycles. The molecule has 0 spiro atoms. The van der Waals surface area contributed by atoms with Crippen LogP contribution in [-0.4, -0.2) is 25.0 Å². The van der Waals surface area contributed by atoms with E-state index in [1.807, 2.05) is 0 Å². The van der Waals surface area contributed by atoms with E-state index in [0.717, 1.165) is 6.07 Å². The molecule has 0 N–H and O–H groups in total. The molecule has 0 heterocycles. The number of halogens is 3. The fourth-order valence-corrected chi connectivity index (χ4v) is 2.27. The first-order valence-corrected chi connectivity index (χ1v) is 6.83. The van der Waals surface area contributed by atoms with Crippen molar-refractivity contribution in [3.05, 3.63) is 64.2 Å². The molecule has 22 heavy (non-hydrogen) atoms. The zero-order valence-corrected chi connectivity index (χ0v) is 12.8. The molecule has 3 nitrogen and oxygen atoms in total. The van der Waals surface area contributed by atoms with Crippen LogP contribution in [0.25, 0.3) is 0 Å². The summed E-state index contributed by atoms with van der Waals surface area (Å²) in [6.07, 6.45) is 0. The van der Waals surface area contributed by atoms with Crippen molar-refractivity contribution in [1.82, 2.24) is 4.90 Å². The monoisotopic (exact) mass is 325 g/mol. The maximum atomic E-state index is 13.8. The van der Waals surface area contributed by atoms with Gasteiger partial charge in [0.2, 0.25) is 0 Å². The molecule has 2 aromatic rings. The largest absolute Gasteiger partial charge is 0.496 e. The van der Waals surface area contributed by atoms with Gasteiger partial charge in [0.1, 0.15) is 17.4 Å². The maximum Gasteiger partial charge on any atom is 0.257 e. The van der Waals surface area contributed by atoms with Crippen LogP contribution in [0.1, 0.15) is 15.9 Å². The Labute approximate surface area is 132 Å². The summed E-state index contributed by atoms with van der Waals surface area (Å²) >= 11 is 5.95. The van der Waals surface area contributed by atoms with Gasteiger partial charge in [0.15, 0.2) is 0 Å². The van der Waals surface area contributed by atoms with Crippen molar-refractivity contribution in [1.29, 1.82) is 0 Å². The lowest BCUT2D eigenvalue weighted by molar-refractivity contribution is 0.0780. The van der Waals surface area contributed by atoms with Crippen LogP contribution >= 0.6 is 11.6 Å². The molecule has 1 amide bonds. The number of amides is 1. The summed E-state index contributed by atoms with van der Waals surface area (Å²) in [6, 6.07) is 7.94. The second-order valence-electron chi connectivity index (χ2n) is 4.71. The molecule has 0 fully saturated rings. The number of nitrogens with zero attached hydrogens (tertiary/aromatic N) is 1. The first-order chi connectivity index (χ1) is 10.4. The van der Waals surface area contributed by atoms with Crippen molar-refractivity contribution in [3.8, 4) is 5.75 Å². The van der Waals surface area contributed by atoms with E-state index in [-0.39, 0.29) is 28.4 Å². The fraction of sp³-hybridized carbons (Fsp3) is 0.188. The minimum atomic E-state index is -0.554. The Bertz CT molecular complexity index is 686. The average Bonchev–Trinajstić information content (AvgIpc) is 2.50. The van der Waals surface area contributed by atoms with Crippen LogP contribution in [0, 0.1) is 11.6 Å². The lowest BCUT2D eigenvalue weighted by Gasteiger charge is -2.19. The van der Waals surface area contributed by atoms with Crippen molar-refractivity contribution in [2.45, 2.75) is 6.54 Å². The molecule has 0 unspecified atom stereocenters. The second-order valence-corrected chi connectivity index (χ2v) is 5.11. The van der Waals surface area contributed by atoms with Crippen LogP contribution < -0.4 is 4.74 Å². The van der Waals surface area contributed by atoms with Gasteiger partial charge in [-0.05, 0) is 30.3 Å². The normalized spacial score (nSPS) is 10.4. The molecule has 0 radical (unpaired) electrons. The Morgan fingerprint density at radius 2 is 2.00 bits per heavy atom. The molecule has 0 saturated heterocycles. The van der Waals surface area contributed by atoms with Gasteiger partial charge in [0.25, 0.3) is 5.91 Å². The highest BCUT2D eigenvalue weighted by Gasteiger charge is 2.19. The topological polar surface area (TPSA) is 29.5 Å². The molecule has 0 aliphatic heterocycles. The van der Waals surface area contributed by atoms with E-state index in [4.69, 9.17) is 16.3 Å². The van der Waals surface area contributed by atoms with Crippen LogP contribution in [0.15, 0.2) is 36.4 Å². The Morgan fingerprint density at radius 1 is 1.27 bits per heavy atom. The first-order valence-electron chi connectivity index (χ1n) is 6.46. The van der Waals surface area contributed by atoms with Crippen molar-refractivity contribution < 1.29 is 18.3 Å². The SMILES string of the molecule is COc1ccc(F)cc1C(=O)N(C)Cc1c(F)cccc1Cl. The molecule has 0 bridgehead atoms. The fourth-order valence-electron chi connectivity index (χ4n) is 2.05. The van der Waals surface area contributed by atoms with Crippen LogP contribution in [0.3, 0.4) is 0 Å². The molecule has 6 heteroatoms. The van der Waals surface area contributed by atoms with Gasteiger partial charge in [0, 0.05) is 24.2 Å². The van der Waals surface area contributed by atoms with E-state index < -0.39 is 17.5 Å². The summed E-state index contributed by atoms with van der Waals surface area (Å²) in [6.45, 7) is -0.0377. The van der Waals surface area contributed by atoms with E-state index >= 15 is 0 Å². The highest BCUT2D eigenvalue weighted by molar-refractivity contribution is 6.31. The third-order valence-electron chi connectivity index (χ3n) is 3.20. The molecule has 0 aliphatic carbocycles. The van der Waals surface area contributed by atoms with E-state index in [1.54, 1.807) is 6.07 Å². The summed E-state index contributed by atoms with van der Waals surface area (Å²) in [4.78, 5) is 13.7. The van der Waals surface area contributed by atoms with Crippen LogP contribution in [-0.2, 0) is 6.54 Å². The number of hydrogen-bond acceptors (Lipinski definition) is 2. The second kappa shape index (κ2) is 6.75. The summed E-state index contributed by atoms with van der Waals surface area (Å²) in [5, 5.41) is 0.228. The number of methoxy groups -OCH3 is 1. The number of hydrogen-bond donors (Lipinski definition) is 0. The number of benzene rings is 2. The van der Waals surface area contributed by atoms with Crippen LogP contribution in [0.4, 0.5) is 8.78 Å². The Morgan fingerprint density at radius 3 is 2.64 bits per heavy atom. The molecular weight excluding hydrogens is 312 g/mol. The third kappa shape index (κ3) is 3.36. The third-order valence-corrected chi connectivity index (χ3v) is 3.55. The molecule has 0 saturated carbocycles. The predicted molar refractivity (Wildman–Crippen MR) is 80.2 cm³/mol. The maximum absolute atomic E-state index is 13.8. The minimum absolute atomic E-state index is 0.0377. The van der Waals surface area contributed by atoms with Gasteiger partial charge >= 0.3 is 0 Å². The predicted octanol–water partition coefficient (Wildman–Crippen LogP) is 3.90. The quantitative estimate of drug-likeness (QED) is 0.853. The average molecular weight is 326 g/mol. The highest BCUT2D eigenvalue weighted by atomic mass is 35.5. The lowest BCUT2D eigenvalue weighted by Crippen LogP contribution is -2.27. The number of rotatable bonds is 4. The molecular formula is C16H14ClF2NO2. The molecule has 0 atom stereocenters. The number of carbonyl (C=O) groups excluding carboxylic acids is 1. The summed E-state index contributed by atoms with van der Waals surface area (Å²) in [5.41, 5.74) is 0.271. The summed E-state index contributed by atoms with van der Waals surface area (Å²) in [7, 11) is 2.87. The molecule has 2 aromatic carbocycles. The summed E-state index contributed by atoms with van der Waals surface area (Å²) in [5.74, 6) is -1.30. The van der Waals surface area contributed by atoms with Crippen molar-refractivity contribution in [2.24, 2.45) is 0 Å². The van der Waals surface area contributed by atoms with Gasteiger partial charge in [0.05, 0.1) is 12.7 Å². The van der Waals surface area contributed by atoms with Gasteiger partial charge in [-0.3, -0.25) is 4.79 Å². The Balaban J connectivity index is 2.28. The van der Waals surface area contributed by atoms with Gasteiger partial charge < -0.3 is 9.64 Å². The van der Waals surface area contributed by atoms with E-state index in [2.05, 4.69) is 0 Å².